The van der Waals surface area contributed by atoms with Gasteiger partial charge < -0.3 is 4.74 Å². The zero-order chi connectivity index (χ0) is 13.3. The summed E-state index contributed by atoms with van der Waals surface area (Å²) in [5.41, 5.74) is 2.37. The number of halogens is 1. The number of rotatable bonds is 4. The molecule has 0 aliphatic rings. The molecule has 1 N–H and O–H groups in total. The Hall–Kier alpha value is -0.653. The van der Waals surface area contributed by atoms with E-state index in [1.165, 1.54) is 0 Å². The molecule has 0 spiro atoms. The summed E-state index contributed by atoms with van der Waals surface area (Å²) in [6.07, 6.45) is 0. The summed E-state index contributed by atoms with van der Waals surface area (Å²) in [6.45, 7) is 9.69. The minimum Gasteiger partial charge on any atom is -0.376 e. The first-order valence-electron chi connectivity index (χ1n) is 6.12. The topological polar surface area (TPSA) is 37.9 Å². The van der Waals surface area contributed by atoms with E-state index in [9.17, 15) is 0 Å². The SMILES string of the molecule is CC(OCc1n[nH]c2cc(Br)ccc12)[Si](C)(C)C. The molecule has 0 radical (unpaired) electrons. The van der Waals surface area contributed by atoms with Crippen molar-refractivity contribution in [1.82, 2.24) is 10.2 Å². The maximum atomic E-state index is 5.96. The zero-order valence-corrected chi connectivity index (χ0v) is 13.8. The maximum absolute atomic E-state index is 5.96. The molecule has 3 nitrogen and oxygen atoms in total. The standard InChI is InChI=1S/C13H19BrN2OSi/c1-9(18(2,3)4)17-8-13-11-6-5-10(14)7-12(11)15-16-13/h5-7,9H,8H2,1-4H3,(H,15,16). The van der Waals surface area contributed by atoms with Crippen molar-refractivity contribution in [3.8, 4) is 0 Å². The molecule has 1 aromatic heterocycles. The fourth-order valence-corrected chi connectivity index (χ4v) is 2.56. The lowest BCUT2D eigenvalue weighted by atomic mass is 10.2. The molecule has 5 heteroatoms. The van der Waals surface area contributed by atoms with Gasteiger partial charge in [-0.15, -0.1) is 0 Å². The Morgan fingerprint density at radius 2 is 2.11 bits per heavy atom. The Bertz CT molecular complexity index is 547. The third-order valence-corrected chi connectivity index (χ3v) is 6.39. The molecule has 0 amide bonds. The van der Waals surface area contributed by atoms with E-state index in [1.807, 2.05) is 12.1 Å². The number of hydrogen-bond acceptors (Lipinski definition) is 2. The first-order valence-corrected chi connectivity index (χ1v) is 10.5. The van der Waals surface area contributed by atoms with Gasteiger partial charge in [-0.3, -0.25) is 5.10 Å². The predicted molar refractivity (Wildman–Crippen MR) is 81.4 cm³/mol. The van der Waals surface area contributed by atoms with Crippen molar-refractivity contribution in [2.24, 2.45) is 0 Å². The van der Waals surface area contributed by atoms with Crippen LogP contribution in [0.1, 0.15) is 12.6 Å². The van der Waals surface area contributed by atoms with Crippen LogP contribution < -0.4 is 0 Å². The van der Waals surface area contributed by atoms with Gasteiger partial charge in [0.15, 0.2) is 0 Å². The van der Waals surface area contributed by atoms with Crippen molar-refractivity contribution in [1.29, 1.82) is 0 Å². The monoisotopic (exact) mass is 326 g/mol. The first-order chi connectivity index (χ1) is 8.38. The fraction of sp³-hybridized carbons (Fsp3) is 0.462. The molecule has 1 heterocycles. The van der Waals surface area contributed by atoms with Crippen molar-refractivity contribution < 1.29 is 4.74 Å². The van der Waals surface area contributed by atoms with E-state index in [0.29, 0.717) is 12.3 Å². The Kier molecular flexibility index (Phi) is 3.94. The molecular formula is C13H19BrN2OSi. The smallest absolute Gasteiger partial charge is 0.0957 e. The second kappa shape index (κ2) is 5.15. The molecule has 18 heavy (non-hydrogen) atoms. The minimum atomic E-state index is -1.24. The van der Waals surface area contributed by atoms with E-state index in [2.05, 4.69) is 58.8 Å². The van der Waals surface area contributed by atoms with Crippen LogP contribution in [0.15, 0.2) is 22.7 Å². The molecule has 0 saturated heterocycles. The van der Waals surface area contributed by atoms with Gasteiger partial charge in [-0.05, 0) is 25.1 Å². The number of nitrogens with zero attached hydrogens (tertiary/aromatic N) is 1. The average Bonchev–Trinajstić information content (AvgIpc) is 2.66. The molecule has 0 aliphatic carbocycles. The van der Waals surface area contributed by atoms with Crippen LogP contribution in [0, 0.1) is 0 Å². The number of aromatic nitrogens is 2. The minimum absolute atomic E-state index is 0.333. The summed E-state index contributed by atoms with van der Waals surface area (Å²) < 4.78 is 7.01. The fourth-order valence-electron chi connectivity index (χ4n) is 1.61. The van der Waals surface area contributed by atoms with Crippen LogP contribution in [0.25, 0.3) is 10.9 Å². The number of ether oxygens (including phenoxy) is 1. The van der Waals surface area contributed by atoms with Crippen molar-refractivity contribution in [2.75, 3.05) is 0 Å². The van der Waals surface area contributed by atoms with Crippen LogP contribution in [0.2, 0.25) is 19.6 Å². The third-order valence-electron chi connectivity index (χ3n) is 3.29. The molecule has 1 aromatic carbocycles. The maximum Gasteiger partial charge on any atom is 0.0957 e. The molecule has 0 fully saturated rings. The van der Waals surface area contributed by atoms with Crippen LogP contribution >= 0.6 is 15.9 Å². The highest BCUT2D eigenvalue weighted by Crippen LogP contribution is 2.22. The van der Waals surface area contributed by atoms with Gasteiger partial charge in [0.2, 0.25) is 0 Å². The highest BCUT2D eigenvalue weighted by molar-refractivity contribution is 9.10. The van der Waals surface area contributed by atoms with Gasteiger partial charge in [-0.25, -0.2) is 0 Å². The van der Waals surface area contributed by atoms with Crippen LogP contribution in [-0.2, 0) is 11.3 Å². The molecule has 0 bridgehead atoms. The van der Waals surface area contributed by atoms with E-state index in [0.717, 1.165) is 21.1 Å². The van der Waals surface area contributed by atoms with E-state index >= 15 is 0 Å². The van der Waals surface area contributed by atoms with Gasteiger partial charge in [-0.2, -0.15) is 5.10 Å². The van der Waals surface area contributed by atoms with Crippen molar-refractivity contribution in [3.63, 3.8) is 0 Å². The molecule has 2 aromatic rings. The Balaban J connectivity index is 2.13. The number of nitrogens with one attached hydrogen (secondary N) is 1. The van der Waals surface area contributed by atoms with Gasteiger partial charge in [0.25, 0.3) is 0 Å². The van der Waals surface area contributed by atoms with Crippen molar-refractivity contribution in [2.45, 2.75) is 38.9 Å². The lowest BCUT2D eigenvalue weighted by molar-refractivity contribution is 0.0961. The number of benzene rings is 1. The number of H-pyrrole nitrogens is 1. The highest BCUT2D eigenvalue weighted by Gasteiger charge is 2.23. The third kappa shape index (κ3) is 3.02. The summed E-state index contributed by atoms with van der Waals surface area (Å²) in [5, 5.41) is 8.52. The van der Waals surface area contributed by atoms with Crippen molar-refractivity contribution >= 4 is 34.9 Å². The Labute approximate surface area is 117 Å². The van der Waals surface area contributed by atoms with Gasteiger partial charge in [0.05, 0.1) is 25.9 Å². The Morgan fingerprint density at radius 3 is 2.78 bits per heavy atom. The van der Waals surface area contributed by atoms with Crippen LogP contribution in [-0.4, -0.2) is 24.0 Å². The second-order valence-corrected chi connectivity index (χ2v) is 12.1. The Morgan fingerprint density at radius 1 is 1.39 bits per heavy atom. The van der Waals surface area contributed by atoms with Gasteiger partial charge >= 0.3 is 0 Å². The molecule has 1 atom stereocenters. The zero-order valence-electron chi connectivity index (χ0n) is 11.2. The van der Waals surface area contributed by atoms with Crippen molar-refractivity contribution in [3.05, 3.63) is 28.4 Å². The second-order valence-electron chi connectivity index (χ2n) is 5.68. The van der Waals surface area contributed by atoms with Gasteiger partial charge in [-0.1, -0.05) is 35.6 Å². The highest BCUT2D eigenvalue weighted by atomic mass is 79.9. The summed E-state index contributed by atoms with van der Waals surface area (Å²) >= 11 is 3.46. The first kappa shape index (κ1) is 13.8. The molecule has 98 valence electrons. The van der Waals surface area contributed by atoms with E-state index in [1.54, 1.807) is 0 Å². The van der Waals surface area contributed by atoms with Gasteiger partial charge in [0.1, 0.15) is 0 Å². The van der Waals surface area contributed by atoms with Crippen LogP contribution in [0.3, 0.4) is 0 Å². The molecular weight excluding hydrogens is 308 g/mol. The lowest BCUT2D eigenvalue weighted by Crippen LogP contribution is -2.37. The predicted octanol–water partition coefficient (Wildman–Crippen LogP) is 4.11. The molecule has 1 unspecified atom stereocenters. The quantitative estimate of drug-likeness (QED) is 0.858. The largest absolute Gasteiger partial charge is 0.376 e. The number of fused-ring (bicyclic) bond motifs is 1. The van der Waals surface area contributed by atoms with E-state index < -0.39 is 8.07 Å². The summed E-state index contributed by atoms with van der Waals surface area (Å²) in [7, 11) is -1.24. The van der Waals surface area contributed by atoms with Crippen LogP contribution in [0.4, 0.5) is 0 Å². The average molecular weight is 327 g/mol. The lowest BCUT2D eigenvalue weighted by Gasteiger charge is -2.24. The van der Waals surface area contributed by atoms with E-state index in [-0.39, 0.29) is 0 Å². The number of hydrogen-bond donors (Lipinski definition) is 1. The normalized spacial score (nSPS) is 14.1. The number of aromatic amines is 1. The van der Waals surface area contributed by atoms with Gasteiger partial charge in [0, 0.05) is 15.6 Å². The van der Waals surface area contributed by atoms with Crippen LogP contribution in [0.5, 0.6) is 0 Å². The molecule has 0 aliphatic heterocycles. The summed E-state index contributed by atoms with van der Waals surface area (Å²) in [6, 6.07) is 6.14. The van der Waals surface area contributed by atoms with E-state index in [4.69, 9.17) is 4.74 Å². The summed E-state index contributed by atoms with van der Waals surface area (Å²) in [5.74, 6) is 0. The molecule has 2 rings (SSSR count). The molecule has 0 saturated carbocycles. The summed E-state index contributed by atoms with van der Waals surface area (Å²) in [4.78, 5) is 0.